The van der Waals surface area contributed by atoms with Gasteiger partial charge in [0.1, 0.15) is 6.10 Å². The van der Waals surface area contributed by atoms with Crippen molar-refractivity contribution >= 4 is 0 Å². The van der Waals surface area contributed by atoms with E-state index in [9.17, 15) is 0 Å². The molecular formula is C9H14O4. The van der Waals surface area contributed by atoms with Crippen LogP contribution in [0.1, 0.15) is 20.3 Å². The summed E-state index contributed by atoms with van der Waals surface area (Å²) < 4.78 is 10.8. The van der Waals surface area contributed by atoms with Crippen molar-refractivity contribution < 1.29 is 19.2 Å². The largest absolute Gasteiger partial charge is 0.326 e. The van der Waals surface area contributed by atoms with Crippen molar-refractivity contribution in [2.75, 3.05) is 6.61 Å². The minimum Gasteiger partial charge on any atom is -0.326 e. The zero-order valence-electron chi connectivity index (χ0n) is 7.91. The Bertz CT molecular complexity index is 228. The number of rotatable bonds is 1. The molecule has 0 aliphatic carbocycles. The van der Waals surface area contributed by atoms with Gasteiger partial charge in [0, 0.05) is 13.3 Å². The lowest BCUT2D eigenvalue weighted by Gasteiger charge is -2.44. The lowest BCUT2D eigenvalue weighted by Crippen LogP contribution is -2.54. The fourth-order valence-electron chi connectivity index (χ4n) is 1.59. The second kappa shape index (κ2) is 3.06. The van der Waals surface area contributed by atoms with Gasteiger partial charge in [0.05, 0.1) is 12.7 Å². The second-order valence-corrected chi connectivity index (χ2v) is 3.60. The third-order valence-electron chi connectivity index (χ3n) is 2.26. The van der Waals surface area contributed by atoms with E-state index in [-0.39, 0.29) is 12.2 Å². The summed E-state index contributed by atoms with van der Waals surface area (Å²) in [6, 6.07) is 0. The lowest BCUT2D eigenvalue weighted by molar-refractivity contribution is -0.569. The molecule has 2 aliphatic rings. The molecule has 2 rings (SSSR count). The van der Waals surface area contributed by atoms with Crippen LogP contribution in [-0.4, -0.2) is 24.8 Å². The maximum absolute atomic E-state index is 5.55. The maximum atomic E-state index is 5.55. The molecule has 0 spiro atoms. The molecule has 4 nitrogen and oxygen atoms in total. The van der Waals surface area contributed by atoms with Crippen molar-refractivity contribution in [3.8, 4) is 0 Å². The molecule has 4 heteroatoms. The van der Waals surface area contributed by atoms with Gasteiger partial charge in [0.25, 0.3) is 0 Å². The van der Waals surface area contributed by atoms with Crippen LogP contribution in [0.3, 0.4) is 0 Å². The van der Waals surface area contributed by atoms with E-state index in [1.807, 2.05) is 6.92 Å². The predicted molar refractivity (Wildman–Crippen MR) is 44.6 cm³/mol. The number of hydrogen-bond acceptors (Lipinski definition) is 4. The van der Waals surface area contributed by atoms with E-state index in [1.54, 1.807) is 6.92 Å². The zero-order chi connectivity index (χ0) is 9.47. The topological polar surface area (TPSA) is 36.9 Å². The lowest BCUT2D eigenvalue weighted by atomic mass is 10.0. The summed E-state index contributed by atoms with van der Waals surface area (Å²) in [5.41, 5.74) is 0.911. The van der Waals surface area contributed by atoms with Crippen molar-refractivity contribution in [2.45, 2.75) is 38.4 Å². The summed E-state index contributed by atoms with van der Waals surface area (Å²) in [4.78, 5) is 10.2. The Hall–Kier alpha value is -0.420. The van der Waals surface area contributed by atoms with E-state index in [0.717, 1.165) is 12.0 Å². The van der Waals surface area contributed by atoms with Crippen LogP contribution in [0.25, 0.3) is 0 Å². The summed E-state index contributed by atoms with van der Waals surface area (Å²) in [7, 11) is 0. The van der Waals surface area contributed by atoms with Crippen LogP contribution in [-0.2, 0) is 19.2 Å². The maximum Gasteiger partial charge on any atom is 0.309 e. The first-order chi connectivity index (χ1) is 6.11. The molecule has 2 saturated heterocycles. The third-order valence-corrected chi connectivity index (χ3v) is 2.26. The quantitative estimate of drug-likeness (QED) is 0.458. The van der Waals surface area contributed by atoms with E-state index < -0.39 is 5.97 Å². The zero-order valence-corrected chi connectivity index (χ0v) is 7.91. The van der Waals surface area contributed by atoms with Crippen molar-refractivity contribution in [3.05, 3.63) is 12.2 Å². The Balaban J connectivity index is 2.10. The van der Waals surface area contributed by atoms with E-state index in [1.165, 1.54) is 0 Å². The van der Waals surface area contributed by atoms with E-state index in [0.29, 0.717) is 6.61 Å². The summed E-state index contributed by atoms with van der Waals surface area (Å²) in [6.07, 6.45) is 0.651. The highest BCUT2D eigenvalue weighted by molar-refractivity contribution is 5.02. The number of hydrogen-bond donors (Lipinski definition) is 0. The normalized spacial score (nSPS) is 44.5. The Morgan fingerprint density at radius 2 is 2.31 bits per heavy atom. The highest BCUT2D eigenvalue weighted by atomic mass is 17.3. The van der Waals surface area contributed by atoms with Crippen LogP contribution in [0, 0.1) is 0 Å². The Kier molecular flexibility index (Phi) is 2.15. The van der Waals surface area contributed by atoms with Crippen LogP contribution in [0.2, 0.25) is 0 Å². The van der Waals surface area contributed by atoms with Gasteiger partial charge in [-0.3, -0.25) is 0 Å². The van der Waals surface area contributed by atoms with Gasteiger partial charge in [-0.2, -0.15) is 4.89 Å². The molecular weight excluding hydrogens is 172 g/mol. The molecule has 2 aliphatic heterocycles. The molecule has 0 aromatic rings. The van der Waals surface area contributed by atoms with Crippen LogP contribution >= 0.6 is 0 Å². The summed E-state index contributed by atoms with van der Waals surface area (Å²) >= 11 is 0. The Morgan fingerprint density at radius 3 is 3.00 bits per heavy atom. The molecule has 0 amide bonds. The molecule has 74 valence electrons. The summed E-state index contributed by atoms with van der Waals surface area (Å²) in [6.45, 7) is 8.06. The minimum absolute atomic E-state index is 0.00463. The molecule has 0 N–H and O–H groups in total. The molecule has 0 radical (unpaired) electrons. The molecule has 2 fully saturated rings. The van der Waals surface area contributed by atoms with Crippen LogP contribution in [0.15, 0.2) is 12.2 Å². The molecule has 0 unspecified atom stereocenters. The van der Waals surface area contributed by atoms with Crippen molar-refractivity contribution in [2.24, 2.45) is 0 Å². The predicted octanol–water partition coefficient (Wildman–Crippen LogP) is 1.37. The van der Waals surface area contributed by atoms with Crippen LogP contribution in [0.5, 0.6) is 0 Å². The van der Waals surface area contributed by atoms with Crippen molar-refractivity contribution in [3.63, 3.8) is 0 Å². The molecule has 2 bridgehead atoms. The van der Waals surface area contributed by atoms with Crippen molar-refractivity contribution in [1.82, 2.24) is 0 Å². The van der Waals surface area contributed by atoms with E-state index in [4.69, 9.17) is 19.2 Å². The Morgan fingerprint density at radius 1 is 1.54 bits per heavy atom. The smallest absolute Gasteiger partial charge is 0.309 e. The minimum atomic E-state index is -1.02. The fourth-order valence-corrected chi connectivity index (χ4v) is 1.59. The van der Waals surface area contributed by atoms with E-state index >= 15 is 0 Å². The average molecular weight is 186 g/mol. The third kappa shape index (κ3) is 1.62. The first kappa shape index (κ1) is 9.15. The van der Waals surface area contributed by atoms with E-state index in [2.05, 4.69) is 6.58 Å². The van der Waals surface area contributed by atoms with Crippen LogP contribution in [0.4, 0.5) is 0 Å². The molecule has 3 atom stereocenters. The van der Waals surface area contributed by atoms with Gasteiger partial charge in [-0.05, 0) is 12.5 Å². The van der Waals surface area contributed by atoms with Gasteiger partial charge in [-0.25, -0.2) is 4.89 Å². The number of fused-ring (bicyclic) bond motifs is 2. The Labute approximate surface area is 77.3 Å². The highest BCUT2D eigenvalue weighted by Gasteiger charge is 2.45. The molecule has 0 saturated carbocycles. The van der Waals surface area contributed by atoms with Gasteiger partial charge < -0.3 is 9.47 Å². The standard InChI is InChI=1S/C9H14O4/c1-6(2)8-7-4-5-10-9(3,11-7)13-12-8/h7-8H,1,4-5H2,2-3H3/t7-,8-,9+/m1/s1. The van der Waals surface area contributed by atoms with Crippen LogP contribution < -0.4 is 0 Å². The second-order valence-electron chi connectivity index (χ2n) is 3.60. The summed E-state index contributed by atoms with van der Waals surface area (Å²) in [5.74, 6) is -1.02. The molecule has 0 aromatic heterocycles. The number of ether oxygens (including phenoxy) is 2. The molecule has 0 aromatic carbocycles. The summed E-state index contributed by atoms with van der Waals surface area (Å²) in [5, 5.41) is 0. The van der Waals surface area contributed by atoms with Gasteiger partial charge >= 0.3 is 5.97 Å². The fraction of sp³-hybridized carbons (Fsp3) is 0.778. The molecule has 13 heavy (non-hydrogen) atoms. The molecule has 2 heterocycles. The van der Waals surface area contributed by atoms with Crippen molar-refractivity contribution in [1.29, 1.82) is 0 Å². The SMILES string of the molecule is C=C(C)[C@H]1OO[C@@]2(C)OCC[C@H]1O2. The van der Waals surface area contributed by atoms with Gasteiger partial charge in [-0.1, -0.05) is 6.58 Å². The monoisotopic (exact) mass is 186 g/mol. The first-order valence-electron chi connectivity index (χ1n) is 4.42. The van der Waals surface area contributed by atoms with Gasteiger partial charge in [0.2, 0.25) is 0 Å². The first-order valence-corrected chi connectivity index (χ1v) is 4.42. The van der Waals surface area contributed by atoms with Gasteiger partial charge in [-0.15, -0.1) is 0 Å². The average Bonchev–Trinajstić information content (AvgIpc) is 2.02. The van der Waals surface area contributed by atoms with Gasteiger partial charge in [0.15, 0.2) is 0 Å². The highest BCUT2D eigenvalue weighted by Crippen LogP contribution is 2.34.